The van der Waals surface area contributed by atoms with Crippen molar-refractivity contribution in [2.75, 3.05) is 11.9 Å². The average Bonchev–Trinajstić information content (AvgIpc) is 3.44. The van der Waals surface area contributed by atoms with Crippen molar-refractivity contribution < 1.29 is 23.2 Å². The molecule has 3 aromatic rings. The van der Waals surface area contributed by atoms with Crippen molar-refractivity contribution in [2.24, 2.45) is 5.73 Å². The number of nitrogens with one attached hydrogen (secondary N) is 2. The van der Waals surface area contributed by atoms with E-state index in [-0.39, 0.29) is 30.5 Å². The van der Waals surface area contributed by atoms with Gasteiger partial charge in [-0.15, -0.1) is 0 Å². The zero-order chi connectivity index (χ0) is 22.7. The molecule has 0 aliphatic carbocycles. The van der Waals surface area contributed by atoms with Gasteiger partial charge < -0.3 is 25.7 Å². The standard InChI is InChI=1S/C20H19F2N7O3/c21-12-4-2-1-3-11(12)10-29-16(14-5-6-32-28-14)7-15(27-29)20-24-8-13(22)19(26-20)25-9-17(30)18(23)31/h1-8,15,17,27,30H,9-10H2,(H2,23,31)(H,24,25,26). The van der Waals surface area contributed by atoms with Gasteiger partial charge in [0.25, 0.3) is 0 Å². The van der Waals surface area contributed by atoms with Crippen LogP contribution in [-0.4, -0.2) is 43.8 Å². The highest BCUT2D eigenvalue weighted by Gasteiger charge is 2.29. The van der Waals surface area contributed by atoms with E-state index in [1.807, 2.05) is 0 Å². The number of halogens is 2. The molecule has 0 radical (unpaired) electrons. The Bertz CT molecular complexity index is 1140. The molecule has 2 atom stereocenters. The van der Waals surface area contributed by atoms with Crippen LogP contribution in [0.15, 0.2) is 53.4 Å². The smallest absolute Gasteiger partial charge is 0.248 e. The minimum atomic E-state index is -1.51. The number of benzene rings is 1. The molecule has 2 unspecified atom stereocenters. The van der Waals surface area contributed by atoms with E-state index < -0.39 is 23.9 Å². The molecule has 166 valence electrons. The fourth-order valence-corrected chi connectivity index (χ4v) is 3.10. The number of aromatic nitrogens is 3. The fourth-order valence-electron chi connectivity index (χ4n) is 3.10. The minimum Gasteiger partial charge on any atom is -0.381 e. The highest BCUT2D eigenvalue weighted by molar-refractivity contribution is 5.79. The number of aliphatic hydroxyl groups is 1. The van der Waals surface area contributed by atoms with Crippen LogP contribution < -0.4 is 16.5 Å². The van der Waals surface area contributed by atoms with Crippen LogP contribution in [-0.2, 0) is 11.3 Å². The van der Waals surface area contributed by atoms with E-state index in [1.165, 1.54) is 12.3 Å². The predicted octanol–water partition coefficient (Wildman–Crippen LogP) is 1.10. The van der Waals surface area contributed by atoms with Crippen molar-refractivity contribution in [1.29, 1.82) is 0 Å². The molecule has 12 heteroatoms. The molecule has 0 saturated heterocycles. The Kier molecular flexibility index (Phi) is 6.05. The second-order valence-electron chi connectivity index (χ2n) is 6.94. The van der Waals surface area contributed by atoms with Gasteiger partial charge in [-0.2, -0.15) is 0 Å². The van der Waals surface area contributed by atoms with Crippen LogP contribution in [0.5, 0.6) is 0 Å². The third kappa shape index (κ3) is 4.55. The third-order valence-electron chi connectivity index (χ3n) is 4.73. The number of anilines is 1. The minimum absolute atomic E-state index is 0.166. The molecule has 10 nitrogen and oxygen atoms in total. The number of nitrogens with zero attached hydrogens (tertiary/aromatic N) is 4. The maximum atomic E-state index is 14.2. The summed E-state index contributed by atoms with van der Waals surface area (Å²) in [5, 5.41) is 17.7. The van der Waals surface area contributed by atoms with Gasteiger partial charge in [-0.1, -0.05) is 23.4 Å². The summed E-state index contributed by atoms with van der Waals surface area (Å²) in [7, 11) is 0. The molecular formula is C20H19F2N7O3. The maximum Gasteiger partial charge on any atom is 0.248 e. The second kappa shape index (κ2) is 9.08. The van der Waals surface area contributed by atoms with Gasteiger partial charge in [-0.05, 0) is 12.1 Å². The van der Waals surface area contributed by atoms with Crippen LogP contribution in [0, 0.1) is 11.6 Å². The Morgan fingerprint density at radius 3 is 2.84 bits per heavy atom. The molecule has 0 fully saturated rings. The molecule has 32 heavy (non-hydrogen) atoms. The van der Waals surface area contributed by atoms with Crippen molar-refractivity contribution in [3.8, 4) is 0 Å². The zero-order valence-electron chi connectivity index (χ0n) is 16.6. The number of nitrogens with two attached hydrogens (primary N) is 1. The first-order valence-electron chi connectivity index (χ1n) is 9.55. The lowest BCUT2D eigenvalue weighted by molar-refractivity contribution is -0.125. The van der Waals surface area contributed by atoms with Gasteiger partial charge in [0.1, 0.15) is 29.9 Å². The van der Waals surface area contributed by atoms with Gasteiger partial charge in [0.05, 0.1) is 25.0 Å². The summed E-state index contributed by atoms with van der Waals surface area (Å²) in [5.41, 5.74) is 9.68. The number of hydrogen-bond donors (Lipinski definition) is 4. The summed E-state index contributed by atoms with van der Waals surface area (Å²) in [6.07, 6.45) is 2.61. The Morgan fingerprint density at radius 2 is 2.12 bits per heavy atom. The van der Waals surface area contributed by atoms with Gasteiger partial charge >= 0.3 is 0 Å². The first-order valence-corrected chi connectivity index (χ1v) is 9.55. The lowest BCUT2D eigenvalue weighted by Crippen LogP contribution is -2.35. The van der Waals surface area contributed by atoms with E-state index in [0.717, 1.165) is 6.20 Å². The number of rotatable bonds is 8. The maximum absolute atomic E-state index is 14.2. The molecule has 0 saturated carbocycles. The highest BCUT2D eigenvalue weighted by atomic mass is 19.1. The summed E-state index contributed by atoms with van der Waals surface area (Å²) in [6.45, 7) is -0.154. The normalized spacial score (nSPS) is 16.7. The van der Waals surface area contributed by atoms with Gasteiger partial charge in [-0.25, -0.2) is 24.2 Å². The van der Waals surface area contributed by atoms with Gasteiger partial charge in [-0.3, -0.25) is 4.79 Å². The summed E-state index contributed by atoms with van der Waals surface area (Å²) in [4.78, 5) is 19.2. The van der Waals surface area contributed by atoms with E-state index in [0.29, 0.717) is 17.0 Å². The zero-order valence-corrected chi connectivity index (χ0v) is 16.6. The summed E-state index contributed by atoms with van der Waals surface area (Å²) in [5.74, 6) is -2.10. The number of carbonyl (C=O) groups is 1. The van der Waals surface area contributed by atoms with Gasteiger partial charge in [0.2, 0.25) is 5.91 Å². The summed E-state index contributed by atoms with van der Waals surface area (Å²) < 4.78 is 33.2. The van der Waals surface area contributed by atoms with E-state index in [4.69, 9.17) is 10.3 Å². The number of primary amides is 1. The van der Waals surface area contributed by atoms with Crippen LogP contribution in [0.1, 0.15) is 23.1 Å². The number of amides is 1. The van der Waals surface area contributed by atoms with E-state index >= 15 is 0 Å². The van der Waals surface area contributed by atoms with Gasteiger partial charge in [0, 0.05) is 11.6 Å². The van der Waals surface area contributed by atoms with Crippen molar-refractivity contribution in [2.45, 2.75) is 18.7 Å². The van der Waals surface area contributed by atoms with E-state index in [2.05, 4.69) is 25.9 Å². The predicted molar refractivity (Wildman–Crippen MR) is 108 cm³/mol. The molecular weight excluding hydrogens is 424 g/mol. The van der Waals surface area contributed by atoms with Crippen molar-refractivity contribution in [3.63, 3.8) is 0 Å². The molecule has 1 amide bonds. The fraction of sp³-hybridized carbons (Fsp3) is 0.200. The third-order valence-corrected chi connectivity index (χ3v) is 4.73. The van der Waals surface area contributed by atoms with Crippen molar-refractivity contribution in [3.05, 3.63) is 77.6 Å². The molecule has 4 rings (SSSR count). The van der Waals surface area contributed by atoms with Crippen LogP contribution in [0.4, 0.5) is 14.6 Å². The Hall–Kier alpha value is -3.90. The largest absolute Gasteiger partial charge is 0.381 e. The van der Waals surface area contributed by atoms with Crippen molar-refractivity contribution in [1.82, 2.24) is 25.6 Å². The second-order valence-corrected chi connectivity index (χ2v) is 6.94. The van der Waals surface area contributed by atoms with Crippen LogP contribution in [0.25, 0.3) is 5.70 Å². The Morgan fingerprint density at radius 1 is 1.31 bits per heavy atom. The average molecular weight is 443 g/mol. The number of carbonyl (C=O) groups excluding carboxylic acids is 1. The molecule has 1 aliphatic rings. The lowest BCUT2D eigenvalue weighted by Gasteiger charge is -2.23. The molecule has 3 heterocycles. The summed E-state index contributed by atoms with van der Waals surface area (Å²) >= 11 is 0. The molecule has 1 aliphatic heterocycles. The monoisotopic (exact) mass is 443 g/mol. The van der Waals surface area contributed by atoms with Gasteiger partial charge in [0.15, 0.2) is 17.5 Å². The highest BCUT2D eigenvalue weighted by Crippen LogP contribution is 2.30. The van der Waals surface area contributed by atoms with Crippen LogP contribution >= 0.6 is 0 Å². The molecule has 0 spiro atoms. The quantitative estimate of drug-likeness (QED) is 0.402. The van der Waals surface area contributed by atoms with Crippen LogP contribution in [0.2, 0.25) is 0 Å². The number of aliphatic hydroxyl groups excluding tert-OH is 1. The first kappa shape index (κ1) is 21.3. The van der Waals surface area contributed by atoms with E-state index in [9.17, 15) is 18.7 Å². The Labute approximate surface area is 180 Å². The van der Waals surface area contributed by atoms with Crippen LogP contribution in [0.3, 0.4) is 0 Å². The molecule has 2 aromatic heterocycles. The summed E-state index contributed by atoms with van der Waals surface area (Å²) in [6, 6.07) is 7.40. The van der Waals surface area contributed by atoms with E-state index in [1.54, 1.807) is 35.4 Å². The molecule has 5 N–H and O–H groups in total. The lowest BCUT2D eigenvalue weighted by atomic mass is 10.2. The first-order chi connectivity index (χ1) is 15.4. The number of hydrogen-bond acceptors (Lipinski definition) is 9. The molecule has 0 bridgehead atoms. The van der Waals surface area contributed by atoms with Crippen molar-refractivity contribution >= 4 is 17.4 Å². The topological polar surface area (TPSA) is 142 Å². The molecule has 1 aromatic carbocycles. The Balaban J connectivity index is 1.59. The SMILES string of the molecule is NC(=O)C(O)CNc1nc(C2C=C(c3ccon3)N(Cc3ccccc3F)N2)ncc1F. The number of hydrazine groups is 1.